The molecule has 0 saturated carbocycles. The minimum absolute atomic E-state index is 0.136. The molecule has 0 aliphatic heterocycles. The standard InChI is InChI=1S/C21H20N6O2S/c1-13-23-17-6-4-3-5-16(17)20(29)27(13)15-9-7-14(8-10-15)19(28)22-12-11-18-24-25-21(30)26(18)2/h3-10H,11-12H2,1-2H3,(H,22,28)(H,25,30). The van der Waals surface area contributed by atoms with Gasteiger partial charge in [-0.15, -0.1) is 0 Å². The maximum absolute atomic E-state index is 12.9. The monoisotopic (exact) mass is 420 g/mol. The average Bonchev–Trinajstić information content (AvgIpc) is 3.06. The van der Waals surface area contributed by atoms with Gasteiger partial charge in [-0.1, -0.05) is 12.1 Å². The smallest absolute Gasteiger partial charge is 0.265 e. The predicted molar refractivity (Wildman–Crippen MR) is 117 cm³/mol. The first-order valence-corrected chi connectivity index (χ1v) is 9.84. The van der Waals surface area contributed by atoms with Crippen LogP contribution in [0.4, 0.5) is 0 Å². The first-order chi connectivity index (χ1) is 14.5. The van der Waals surface area contributed by atoms with E-state index in [0.29, 0.717) is 45.7 Å². The Bertz CT molecular complexity index is 1350. The van der Waals surface area contributed by atoms with Crippen LogP contribution in [0.2, 0.25) is 0 Å². The van der Waals surface area contributed by atoms with E-state index in [1.165, 1.54) is 0 Å². The van der Waals surface area contributed by atoms with Crippen molar-refractivity contribution in [3.05, 3.63) is 80.9 Å². The molecule has 2 aromatic heterocycles. The minimum Gasteiger partial charge on any atom is -0.352 e. The number of H-pyrrole nitrogens is 1. The second kappa shape index (κ2) is 8.03. The molecule has 2 aromatic carbocycles. The molecule has 4 aromatic rings. The van der Waals surface area contributed by atoms with Gasteiger partial charge in [0.25, 0.3) is 11.5 Å². The van der Waals surface area contributed by atoms with Gasteiger partial charge in [0, 0.05) is 25.6 Å². The van der Waals surface area contributed by atoms with E-state index in [2.05, 4.69) is 20.5 Å². The summed E-state index contributed by atoms with van der Waals surface area (Å²) < 4.78 is 3.86. The van der Waals surface area contributed by atoms with Crippen molar-refractivity contribution in [2.45, 2.75) is 13.3 Å². The second-order valence-electron chi connectivity index (χ2n) is 6.87. The Labute approximate surface area is 177 Å². The number of aromatic amines is 1. The van der Waals surface area contributed by atoms with Crippen molar-refractivity contribution in [1.29, 1.82) is 0 Å². The molecule has 0 spiro atoms. The maximum Gasteiger partial charge on any atom is 0.265 e. The van der Waals surface area contributed by atoms with E-state index in [4.69, 9.17) is 12.2 Å². The lowest BCUT2D eigenvalue weighted by Gasteiger charge is -2.11. The molecule has 0 unspecified atom stereocenters. The van der Waals surface area contributed by atoms with Crippen molar-refractivity contribution in [2.24, 2.45) is 7.05 Å². The van der Waals surface area contributed by atoms with Crippen LogP contribution < -0.4 is 10.9 Å². The molecule has 0 radical (unpaired) electrons. The number of nitrogens with one attached hydrogen (secondary N) is 2. The molecular weight excluding hydrogens is 400 g/mol. The number of aryl methyl sites for hydroxylation is 1. The van der Waals surface area contributed by atoms with E-state index < -0.39 is 0 Å². The number of amides is 1. The fraction of sp³-hybridized carbons (Fsp3) is 0.190. The molecule has 0 fully saturated rings. The van der Waals surface area contributed by atoms with Crippen LogP contribution in [0.1, 0.15) is 22.0 Å². The van der Waals surface area contributed by atoms with E-state index in [1.54, 1.807) is 46.4 Å². The van der Waals surface area contributed by atoms with E-state index in [0.717, 1.165) is 5.82 Å². The van der Waals surface area contributed by atoms with Crippen molar-refractivity contribution < 1.29 is 4.79 Å². The maximum atomic E-state index is 12.9. The van der Waals surface area contributed by atoms with E-state index in [9.17, 15) is 9.59 Å². The molecule has 2 heterocycles. The van der Waals surface area contributed by atoms with Gasteiger partial charge in [-0.05, 0) is 55.5 Å². The van der Waals surface area contributed by atoms with Crippen LogP contribution in [-0.2, 0) is 13.5 Å². The Morgan fingerprint density at radius 2 is 1.90 bits per heavy atom. The lowest BCUT2D eigenvalue weighted by molar-refractivity contribution is 0.0954. The number of benzene rings is 2. The van der Waals surface area contributed by atoms with Crippen LogP contribution in [0.3, 0.4) is 0 Å². The minimum atomic E-state index is -0.195. The molecule has 2 N–H and O–H groups in total. The molecule has 0 aliphatic carbocycles. The first-order valence-electron chi connectivity index (χ1n) is 9.43. The number of para-hydroxylation sites is 1. The van der Waals surface area contributed by atoms with Crippen molar-refractivity contribution in [3.8, 4) is 5.69 Å². The van der Waals surface area contributed by atoms with Crippen molar-refractivity contribution in [2.75, 3.05) is 6.54 Å². The van der Waals surface area contributed by atoms with Gasteiger partial charge in [-0.2, -0.15) is 5.10 Å². The quantitative estimate of drug-likeness (QED) is 0.484. The molecule has 0 bridgehead atoms. The van der Waals surface area contributed by atoms with E-state index in [-0.39, 0.29) is 11.5 Å². The van der Waals surface area contributed by atoms with E-state index in [1.807, 2.05) is 25.2 Å². The Balaban J connectivity index is 1.51. The van der Waals surface area contributed by atoms with Crippen LogP contribution in [0.15, 0.2) is 53.3 Å². The Morgan fingerprint density at radius 1 is 1.17 bits per heavy atom. The van der Waals surface area contributed by atoms with E-state index >= 15 is 0 Å². The third-order valence-corrected chi connectivity index (χ3v) is 5.30. The summed E-state index contributed by atoms with van der Waals surface area (Å²) in [6.45, 7) is 2.22. The summed E-state index contributed by atoms with van der Waals surface area (Å²) in [6, 6.07) is 14.1. The highest BCUT2D eigenvalue weighted by Crippen LogP contribution is 2.13. The molecule has 0 saturated heterocycles. The summed E-state index contributed by atoms with van der Waals surface area (Å²) in [5, 5.41) is 10.3. The highest BCUT2D eigenvalue weighted by molar-refractivity contribution is 7.71. The number of fused-ring (bicyclic) bond motifs is 1. The third kappa shape index (κ3) is 3.67. The Morgan fingerprint density at radius 3 is 2.60 bits per heavy atom. The van der Waals surface area contributed by atoms with Gasteiger partial charge in [-0.25, -0.2) is 4.98 Å². The van der Waals surface area contributed by atoms with Crippen LogP contribution in [0, 0.1) is 11.7 Å². The normalized spacial score (nSPS) is 11.0. The Hall–Kier alpha value is -3.59. The van der Waals surface area contributed by atoms with Crippen LogP contribution in [-0.4, -0.2) is 36.8 Å². The zero-order valence-electron chi connectivity index (χ0n) is 16.5. The lowest BCUT2D eigenvalue weighted by atomic mass is 10.1. The van der Waals surface area contributed by atoms with Gasteiger partial charge in [0.15, 0.2) is 4.77 Å². The fourth-order valence-electron chi connectivity index (χ4n) is 3.30. The molecule has 30 heavy (non-hydrogen) atoms. The fourth-order valence-corrected chi connectivity index (χ4v) is 3.45. The second-order valence-corrected chi connectivity index (χ2v) is 7.26. The summed E-state index contributed by atoms with van der Waals surface area (Å²) >= 11 is 5.08. The summed E-state index contributed by atoms with van der Waals surface area (Å²) in [4.78, 5) is 29.8. The molecular formula is C21H20N6O2S. The number of aromatic nitrogens is 5. The van der Waals surface area contributed by atoms with Crippen LogP contribution >= 0.6 is 12.2 Å². The molecule has 0 atom stereocenters. The summed E-state index contributed by atoms with van der Waals surface area (Å²) in [5.41, 5.74) is 1.70. The van der Waals surface area contributed by atoms with Crippen LogP contribution in [0.5, 0.6) is 0 Å². The average molecular weight is 420 g/mol. The van der Waals surface area contributed by atoms with Gasteiger partial charge >= 0.3 is 0 Å². The van der Waals surface area contributed by atoms with Crippen LogP contribution in [0.25, 0.3) is 16.6 Å². The Kier molecular flexibility index (Phi) is 5.28. The highest BCUT2D eigenvalue weighted by Gasteiger charge is 2.11. The summed E-state index contributed by atoms with van der Waals surface area (Å²) in [7, 11) is 1.83. The number of rotatable bonds is 5. The molecule has 1 amide bonds. The van der Waals surface area contributed by atoms with Gasteiger partial charge < -0.3 is 9.88 Å². The number of hydrogen-bond donors (Lipinski definition) is 2. The SMILES string of the molecule is Cc1nc2ccccc2c(=O)n1-c1ccc(C(=O)NCCc2n[nH]c(=S)n2C)cc1. The molecule has 152 valence electrons. The third-order valence-electron chi connectivity index (χ3n) is 4.94. The van der Waals surface area contributed by atoms with Crippen molar-refractivity contribution >= 4 is 29.0 Å². The predicted octanol–water partition coefficient (Wildman–Crippen LogP) is 2.46. The van der Waals surface area contributed by atoms with Gasteiger partial charge in [-0.3, -0.25) is 19.3 Å². The largest absolute Gasteiger partial charge is 0.352 e. The van der Waals surface area contributed by atoms with Crippen molar-refractivity contribution in [1.82, 2.24) is 29.6 Å². The zero-order valence-corrected chi connectivity index (χ0v) is 17.4. The summed E-state index contributed by atoms with van der Waals surface area (Å²) in [5.74, 6) is 1.16. The molecule has 0 aliphatic rings. The van der Waals surface area contributed by atoms with Gasteiger partial charge in [0.2, 0.25) is 0 Å². The number of hydrogen-bond acceptors (Lipinski definition) is 5. The number of carbonyl (C=O) groups excluding carboxylic acids is 1. The zero-order chi connectivity index (χ0) is 21.3. The van der Waals surface area contributed by atoms with Crippen molar-refractivity contribution in [3.63, 3.8) is 0 Å². The topological polar surface area (TPSA) is 97.6 Å². The molecule has 8 nitrogen and oxygen atoms in total. The van der Waals surface area contributed by atoms with Gasteiger partial charge in [0.05, 0.1) is 16.6 Å². The highest BCUT2D eigenvalue weighted by atomic mass is 32.1. The summed E-state index contributed by atoms with van der Waals surface area (Å²) in [6.07, 6.45) is 0.560. The number of carbonyl (C=O) groups is 1. The molecule has 9 heteroatoms. The molecule has 4 rings (SSSR count). The first kappa shape index (κ1) is 19.7. The lowest BCUT2D eigenvalue weighted by Crippen LogP contribution is -2.26. The van der Waals surface area contributed by atoms with Gasteiger partial charge in [0.1, 0.15) is 11.6 Å². The number of nitrogens with zero attached hydrogens (tertiary/aromatic N) is 4.